The number of carbonyl (C=O) groups is 2. The van der Waals surface area contributed by atoms with Crippen LogP contribution >= 0.6 is 0 Å². The molecule has 3 rings (SSSR count). The Hall–Kier alpha value is -2.36. The summed E-state index contributed by atoms with van der Waals surface area (Å²) in [6.07, 6.45) is 4.57. The lowest BCUT2D eigenvalue weighted by Crippen LogP contribution is -2.29. The molecule has 0 atom stereocenters. The fourth-order valence-electron chi connectivity index (χ4n) is 3.47. The lowest BCUT2D eigenvalue weighted by molar-refractivity contribution is 0.101. The van der Waals surface area contributed by atoms with E-state index in [4.69, 9.17) is 0 Å². The Morgan fingerprint density at radius 1 is 1.13 bits per heavy atom. The second-order valence-corrected chi connectivity index (χ2v) is 6.18. The number of aromatic nitrogens is 1. The zero-order valence-electron chi connectivity index (χ0n) is 13.7. The van der Waals surface area contributed by atoms with Crippen molar-refractivity contribution in [1.82, 2.24) is 4.98 Å². The number of aryl methyl sites for hydroxylation is 1. The van der Waals surface area contributed by atoms with Crippen LogP contribution in [0.3, 0.4) is 0 Å². The number of anilines is 1. The van der Waals surface area contributed by atoms with Gasteiger partial charge in [-0.15, -0.1) is 0 Å². The molecule has 0 bridgehead atoms. The molecule has 4 nitrogen and oxygen atoms in total. The van der Waals surface area contributed by atoms with Gasteiger partial charge >= 0.3 is 0 Å². The van der Waals surface area contributed by atoms with Gasteiger partial charge in [0.2, 0.25) is 0 Å². The van der Waals surface area contributed by atoms with Crippen molar-refractivity contribution < 1.29 is 9.59 Å². The van der Waals surface area contributed by atoms with Crippen molar-refractivity contribution in [2.75, 3.05) is 18.0 Å². The Bertz CT molecular complexity index is 723. The Labute approximate surface area is 136 Å². The van der Waals surface area contributed by atoms with Crippen molar-refractivity contribution in [2.24, 2.45) is 0 Å². The highest BCUT2D eigenvalue weighted by atomic mass is 16.1. The van der Waals surface area contributed by atoms with Gasteiger partial charge in [-0.2, -0.15) is 0 Å². The van der Waals surface area contributed by atoms with Crippen LogP contribution in [0.5, 0.6) is 0 Å². The first-order chi connectivity index (χ1) is 11.1. The Balaban J connectivity index is 1.99. The van der Waals surface area contributed by atoms with Crippen molar-refractivity contribution in [3.63, 3.8) is 0 Å². The number of rotatable bonds is 4. The maximum absolute atomic E-state index is 12.0. The summed E-state index contributed by atoms with van der Waals surface area (Å²) in [7, 11) is 0. The number of Topliss-reactive ketones (excluding diaryl/α,β-unsaturated/α-hetero) is 1. The van der Waals surface area contributed by atoms with Gasteiger partial charge in [0.1, 0.15) is 0 Å². The third kappa shape index (κ3) is 2.93. The SMILES string of the molecule is CC(=O)c1c(C)[nH]c(C=O)c1-c1ccc(N2CCCCC2)cc1. The molecule has 1 saturated heterocycles. The van der Waals surface area contributed by atoms with Crippen molar-refractivity contribution >= 4 is 17.8 Å². The first-order valence-electron chi connectivity index (χ1n) is 8.16. The van der Waals surface area contributed by atoms with E-state index in [1.807, 2.05) is 19.1 Å². The molecule has 0 aliphatic carbocycles. The van der Waals surface area contributed by atoms with E-state index in [1.165, 1.54) is 31.9 Å². The molecule has 1 aromatic heterocycles. The molecule has 1 aliphatic heterocycles. The fraction of sp³-hybridized carbons (Fsp3) is 0.368. The number of aldehydes is 1. The number of carbonyl (C=O) groups excluding carboxylic acids is 2. The second-order valence-electron chi connectivity index (χ2n) is 6.18. The number of nitrogens with one attached hydrogen (secondary N) is 1. The lowest BCUT2D eigenvalue weighted by Gasteiger charge is -2.28. The van der Waals surface area contributed by atoms with E-state index < -0.39 is 0 Å². The van der Waals surface area contributed by atoms with Gasteiger partial charge in [0.15, 0.2) is 12.1 Å². The van der Waals surface area contributed by atoms with E-state index in [0.717, 1.165) is 36.2 Å². The van der Waals surface area contributed by atoms with Crippen LogP contribution in [-0.4, -0.2) is 30.1 Å². The molecule has 1 N–H and O–H groups in total. The highest BCUT2D eigenvalue weighted by Gasteiger charge is 2.20. The van der Waals surface area contributed by atoms with Crippen LogP contribution in [0.15, 0.2) is 24.3 Å². The maximum Gasteiger partial charge on any atom is 0.166 e. The van der Waals surface area contributed by atoms with E-state index in [1.54, 1.807) is 0 Å². The van der Waals surface area contributed by atoms with Crippen LogP contribution in [0.1, 0.15) is 52.7 Å². The molecule has 0 saturated carbocycles. The minimum Gasteiger partial charge on any atom is -0.372 e. The van der Waals surface area contributed by atoms with Crippen LogP contribution in [0.4, 0.5) is 5.69 Å². The number of nitrogens with zero attached hydrogens (tertiary/aromatic N) is 1. The van der Waals surface area contributed by atoms with Crippen LogP contribution in [0.25, 0.3) is 11.1 Å². The fourth-order valence-corrected chi connectivity index (χ4v) is 3.47. The molecular formula is C19H22N2O2. The third-order valence-corrected chi connectivity index (χ3v) is 4.56. The molecule has 1 fully saturated rings. The predicted octanol–water partition coefficient (Wildman–Crippen LogP) is 4.00. The van der Waals surface area contributed by atoms with Gasteiger partial charge in [0.05, 0.1) is 5.69 Å². The summed E-state index contributed by atoms with van der Waals surface area (Å²) in [5, 5.41) is 0. The zero-order chi connectivity index (χ0) is 16.4. The minimum atomic E-state index is -0.0260. The monoisotopic (exact) mass is 310 g/mol. The zero-order valence-corrected chi connectivity index (χ0v) is 13.7. The van der Waals surface area contributed by atoms with E-state index >= 15 is 0 Å². The predicted molar refractivity (Wildman–Crippen MR) is 92.4 cm³/mol. The molecule has 0 radical (unpaired) electrons. The smallest absolute Gasteiger partial charge is 0.166 e. The molecule has 2 heterocycles. The summed E-state index contributed by atoms with van der Waals surface area (Å²) in [4.78, 5) is 28.7. The van der Waals surface area contributed by atoms with Crippen LogP contribution in [0, 0.1) is 6.92 Å². The highest BCUT2D eigenvalue weighted by Crippen LogP contribution is 2.31. The minimum absolute atomic E-state index is 0.0260. The van der Waals surface area contributed by atoms with E-state index in [9.17, 15) is 9.59 Å². The van der Waals surface area contributed by atoms with Crippen molar-refractivity contribution in [3.05, 3.63) is 41.2 Å². The quantitative estimate of drug-likeness (QED) is 0.686. The van der Waals surface area contributed by atoms with Gasteiger partial charge in [-0.05, 0) is 50.8 Å². The summed E-state index contributed by atoms with van der Waals surface area (Å²) in [5.74, 6) is -0.0260. The maximum atomic E-state index is 12.0. The second kappa shape index (κ2) is 6.41. The molecule has 23 heavy (non-hydrogen) atoms. The van der Waals surface area contributed by atoms with Crippen LogP contribution < -0.4 is 4.90 Å². The summed E-state index contributed by atoms with van der Waals surface area (Å²) in [6, 6.07) is 8.18. The van der Waals surface area contributed by atoms with Gasteiger partial charge in [0.25, 0.3) is 0 Å². The normalized spacial score (nSPS) is 14.8. The number of ketones is 1. The first kappa shape index (κ1) is 15.5. The van der Waals surface area contributed by atoms with Gasteiger partial charge < -0.3 is 9.88 Å². The summed E-state index contributed by atoms with van der Waals surface area (Å²) < 4.78 is 0. The highest BCUT2D eigenvalue weighted by molar-refractivity contribution is 6.06. The topological polar surface area (TPSA) is 53.2 Å². The number of hydrogen-bond donors (Lipinski definition) is 1. The molecular weight excluding hydrogens is 288 g/mol. The summed E-state index contributed by atoms with van der Waals surface area (Å²) >= 11 is 0. The van der Waals surface area contributed by atoms with Gasteiger partial charge in [0, 0.05) is 35.6 Å². The van der Waals surface area contributed by atoms with Gasteiger partial charge in [-0.3, -0.25) is 9.59 Å². The van der Waals surface area contributed by atoms with Crippen molar-refractivity contribution in [1.29, 1.82) is 0 Å². The third-order valence-electron chi connectivity index (χ3n) is 4.56. The number of aromatic amines is 1. The molecule has 0 amide bonds. The number of benzene rings is 1. The van der Waals surface area contributed by atoms with Crippen LogP contribution in [-0.2, 0) is 0 Å². The lowest BCUT2D eigenvalue weighted by atomic mass is 9.97. The standard InChI is InChI=1S/C19H22N2O2/c1-13-18(14(2)23)19(17(12-22)20-13)15-6-8-16(9-7-15)21-10-4-3-5-11-21/h6-9,12,20H,3-5,10-11H2,1-2H3. The summed E-state index contributed by atoms with van der Waals surface area (Å²) in [6.45, 7) is 5.56. The van der Waals surface area contributed by atoms with Crippen molar-refractivity contribution in [3.8, 4) is 11.1 Å². The average Bonchev–Trinajstić information content (AvgIpc) is 2.92. The number of hydrogen-bond acceptors (Lipinski definition) is 3. The molecule has 1 aromatic carbocycles. The van der Waals surface area contributed by atoms with Gasteiger partial charge in [-0.1, -0.05) is 12.1 Å². The van der Waals surface area contributed by atoms with Gasteiger partial charge in [-0.25, -0.2) is 0 Å². The Morgan fingerprint density at radius 2 is 1.78 bits per heavy atom. The molecule has 0 spiro atoms. The largest absolute Gasteiger partial charge is 0.372 e. The average molecular weight is 310 g/mol. The molecule has 0 unspecified atom stereocenters. The van der Waals surface area contributed by atoms with E-state index in [2.05, 4.69) is 22.0 Å². The van der Waals surface area contributed by atoms with E-state index in [0.29, 0.717) is 11.3 Å². The number of piperidine rings is 1. The Morgan fingerprint density at radius 3 is 2.35 bits per heavy atom. The molecule has 2 aromatic rings. The molecule has 4 heteroatoms. The Kier molecular flexibility index (Phi) is 4.33. The molecule has 1 aliphatic rings. The number of H-pyrrole nitrogens is 1. The van der Waals surface area contributed by atoms with Crippen LogP contribution in [0.2, 0.25) is 0 Å². The first-order valence-corrected chi connectivity index (χ1v) is 8.16. The summed E-state index contributed by atoms with van der Waals surface area (Å²) in [5.41, 5.74) is 4.65. The van der Waals surface area contributed by atoms with E-state index in [-0.39, 0.29) is 5.78 Å². The van der Waals surface area contributed by atoms with Crippen molar-refractivity contribution in [2.45, 2.75) is 33.1 Å². The molecule has 120 valence electrons.